The molecule has 198 valence electrons. The Bertz CT molecular complexity index is 1100. The Morgan fingerprint density at radius 3 is 2.28 bits per heavy atom. The summed E-state index contributed by atoms with van der Waals surface area (Å²) in [6.45, 7) is 6.37. The van der Waals surface area contributed by atoms with Gasteiger partial charge in [-0.2, -0.15) is 0 Å². The number of rotatable bonds is 14. The minimum Gasteiger partial charge on any atom is -0.352 e. The first kappa shape index (κ1) is 29.6. The number of sulfonamides is 1. The largest absolute Gasteiger partial charge is 0.352 e. The molecule has 0 heterocycles. The molecule has 2 amide bonds. The molecule has 0 radical (unpaired) electrons. The summed E-state index contributed by atoms with van der Waals surface area (Å²) in [5.41, 5.74) is 1.54. The highest BCUT2D eigenvalue weighted by Gasteiger charge is 2.29. The second-order valence-corrected chi connectivity index (χ2v) is 11.3. The summed E-state index contributed by atoms with van der Waals surface area (Å²) in [5, 5.41) is 3.44. The summed E-state index contributed by atoms with van der Waals surface area (Å²) in [6, 6.07) is 15.9. The standard InChI is InChI=1S/C27H38ClN3O4S/c1-5-21(3)29-27(33)25(6-2)30(19-17-22-12-8-7-9-13-22)26(32)16-11-18-31(36(4,34)35)24-15-10-14-23(28)20-24/h7-10,12-15,20-21,25H,5-6,11,16-19H2,1-4H3,(H,29,33)/t21-,25+/m0/s1. The topological polar surface area (TPSA) is 86.8 Å². The molecule has 9 heteroatoms. The van der Waals surface area contributed by atoms with Crippen LogP contribution in [0.2, 0.25) is 5.02 Å². The maximum atomic E-state index is 13.4. The van der Waals surface area contributed by atoms with E-state index in [2.05, 4.69) is 5.32 Å². The normalized spacial score (nSPS) is 13.0. The quantitative estimate of drug-likeness (QED) is 0.381. The zero-order valence-corrected chi connectivity index (χ0v) is 23.2. The number of nitrogens with zero attached hydrogens (tertiary/aromatic N) is 2. The van der Waals surface area contributed by atoms with E-state index >= 15 is 0 Å². The summed E-state index contributed by atoms with van der Waals surface area (Å²) in [6.07, 6.45) is 3.47. The van der Waals surface area contributed by atoms with Crippen molar-refractivity contribution in [1.82, 2.24) is 10.2 Å². The van der Waals surface area contributed by atoms with Gasteiger partial charge in [0, 0.05) is 30.6 Å². The van der Waals surface area contributed by atoms with Gasteiger partial charge in [-0.05, 0) is 56.4 Å². The van der Waals surface area contributed by atoms with Crippen LogP contribution in [0.4, 0.5) is 5.69 Å². The van der Waals surface area contributed by atoms with E-state index in [4.69, 9.17) is 11.6 Å². The van der Waals surface area contributed by atoms with Crippen molar-refractivity contribution in [2.45, 2.75) is 65.0 Å². The van der Waals surface area contributed by atoms with E-state index in [1.165, 1.54) is 4.31 Å². The highest BCUT2D eigenvalue weighted by Crippen LogP contribution is 2.22. The monoisotopic (exact) mass is 535 g/mol. The van der Waals surface area contributed by atoms with Crippen LogP contribution in [0.25, 0.3) is 0 Å². The van der Waals surface area contributed by atoms with E-state index in [-0.39, 0.29) is 30.8 Å². The van der Waals surface area contributed by atoms with Crippen LogP contribution in [0, 0.1) is 0 Å². The number of nitrogens with one attached hydrogen (secondary N) is 1. The van der Waals surface area contributed by atoms with Crippen LogP contribution < -0.4 is 9.62 Å². The molecule has 0 saturated carbocycles. The summed E-state index contributed by atoms with van der Waals surface area (Å²) >= 11 is 6.06. The van der Waals surface area contributed by atoms with Crippen molar-refractivity contribution < 1.29 is 18.0 Å². The van der Waals surface area contributed by atoms with Gasteiger partial charge in [0.2, 0.25) is 21.8 Å². The van der Waals surface area contributed by atoms with Gasteiger partial charge in [0.1, 0.15) is 6.04 Å². The number of carbonyl (C=O) groups is 2. The van der Waals surface area contributed by atoms with E-state index in [9.17, 15) is 18.0 Å². The van der Waals surface area contributed by atoms with Gasteiger partial charge in [-0.1, -0.05) is 61.8 Å². The summed E-state index contributed by atoms with van der Waals surface area (Å²) in [7, 11) is -3.56. The first-order valence-electron chi connectivity index (χ1n) is 12.4. The van der Waals surface area contributed by atoms with Crippen molar-refractivity contribution in [3.63, 3.8) is 0 Å². The van der Waals surface area contributed by atoms with Crippen molar-refractivity contribution in [1.29, 1.82) is 0 Å². The molecule has 1 N–H and O–H groups in total. The first-order valence-corrected chi connectivity index (χ1v) is 14.7. The molecule has 2 atom stereocenters. The average molecular weight is 536 g/mol. The number of benzene rings is 2. The Labute approximate surface area is 220 Å². The van der Waals surface area contributed by atoms with E-state index in [1.54, 1.807) is 29.2 Å². The lowest BCUT2D eigenvalue weighted by Crippen LogP contribution is -2.51. The van der Waals surface area contributed by atoms with Gasteiger partial charge in [0.25, 0.3) is 0 Å². The minimum absolute atomic E-state index is 0.0126. The smallest absolute Gasteiger partial charge is 0.243 e. The van der Waals surface area contributed by atoms with Gasteiger partial charge in [-0.15, -0.1) is 0 Å². The molecule has 0 aliphatic carbocycles. The van der Waals surface area contributed by atoms with Crippen molar-refractivity contribution in [3.05, 3.63) is 65.2 Å². The predicted molar refractivity (Wildman–Crippen MR) is 147 cm³/mol. The lowest BCUT2D eigenvalue weighted by atomic mass is 10.1. The van der Waals surface area contributed by atoms with Crippen LogP contribution in [0.15, 0.2) is 54.6 Å². The number of halogens is 1. The predicted octanol–water partition coefficient (Wildman–Crippen LogP) is 4.65. The van der Waals surface area contributed by atoms with Crippen molar-refractivity contribution >= 4 is 39.1 Å². The molecule has 7 nitrogen and oxygen atoms in total. The Balaban J connectivity index is 2.16. The molecule has 2 aromatic rings. The van der Waals surface area contributed by atoms with Gasteiger partial charge in [0.05, 0.1) is 11.9 Å². The van der Waals surface area contributed by atoms with Crippen LogP contribution in [-0.4, -0.2) is 56.6 Å². The minimum atomic E-state index is -3.56. The Hall–Kier alpha value is -2.58. The average Bonchev–Trinajstić information content (AvgIpc) is 2.83. The third-order valence-corrected chi connectivity index (χ3v) is 7.55. The fourth-order valence-corrected chi connectivity index (χ4v) is 5.11. The van der Waals surface area contributed by atoms with Crippen LogP contribution >= 0.6 is 11.6 Å². The van der Waals surface area contributed by atoms with Gasteiger partial charge in [0.15, 0.2) is 0 Å². The van der Waals surface area contributed by atoms with Gasteiger partial charge in [-0.3, -0.25) is 13.9 Å². The van der Waals surface area contributed by atoms with Gasteiger partial charge < -0.3 is 10.2 Å². The SMILES string of the molecule is CC[C@H](C(=O)N[C@@H](C)CC)N(CCc1ccccc1)C(=O)CCCN(c1cccc(Cl)c1)S(C)(=O)=O. The number of hydrogen-bond acceptors (Lipinski definition) is 4. The van der Waals surface area contributed by atoms with Crippen LogP contribution in [0.5, 0.6) is 0 Å². The summed E-state index contributed by atoms with van der Waals surface area (Å²) in [4.78, 5) is 28.1. The third-order valence-electron chi connectivity index (χ3n) is 6.12. The van der Waals surface area contributed by atoms with E-state index in [0.717, 1.165) is 18.2 Å². The van der Waals surface area contributed by atoms with Gasteiger partial charge in [-0.25, -0.2) is 8.42 Å². The van der Waals surface area contributed by atoms with E-state index in [0.29, 0.717) is 36.5 Å². The lowest BCUT2D eigenvalue weighted by molar-refractivity contribution is -0.141. The molecule has 0 bridgehead atoms. The molecular formula is C27H38ClN3O4S. The lowest BCUT2D eigenvalue weighted by Gasteiger charge is -2.32. The molecule has 36 heavy (non-hydrogen) atoms. The summed E-state index contributed by atoms with van der Waals surface area (Å²) in [5.74, 6) is -0.332. The molecule has 0 fully saturated rings. The highest BCUT2D eigenvalue weighted by molar-refractivity contribution is 7.92. The van der Waals surface area contributed by atoms with Crippen LogP contribution in [-0.2, 0) is 26.0 Å². The van der Waals surface area contributed by atoms with Crippen LogP contribution in [0.3, 0.4) is 0 Å². The number of amides is 2. The fourth-order valence-electron chi connectivity index (χ4n) is 3.97. The molecule has 2 aromatic carbocycles. The second-order valence-electron chi connectivity index (χ2n) is 8.98. The molecular weight excluding hydrogens is 498 g/mol. The molecule has 0 aromatic heterocycles. The van der Waals surface area contributed by atoms with Crippen molar-refractivity contribution in [2.24, 2.45) is 0 Å². The molecule has 0 saturated heterocycles. The highest BCUT2D eigenvalue weighted by atomic mass is 35.5. The van der Waals surface area contributed by atoms with E-state index < -0.39 is 16.1 Å². The van der Waals surface area contributed by atoms with Crippen molar-refractivity contribution in [2.75, 3.05) is 23.7 Å². The molecule has 2 rings (SSSR count). The number of anilines is 1. The second kappa shape index (κ2) is 14.2. The Morgan fingerprint density at radius 1 is 1.00 bits per heavy atom. The number of carbonyl (C=O) groups excluding carboxylic acids is 2. The maximum absolute atomic E-state index is 13.4. The third kappa shape index (κ3) is 9.13. The molecule has 0 aliphatic rings. The molecule has 0 unspecified atom stereocenters. The molecule has 0 spiro atoms. The summed E-state index contributed by atoms with van der Waals surface area (Å²) < 4.78 is 26.1. The number of hydrogen-bond donors (Lipinski definition) is 1. The zero-order chi connectivity index (χ0) is 26.7. The van der Waals surface area contributed by atoms with E-state index in [1.807, 2.05) is 51.1 Å². The zero-order valence-electron chi connectivity index (χ0n) is 21.6. The Kier molecular flexibility index (Phi) is 11.7. The molecule has 0 aliphatic heterocycles. The van der Waals surface area contributed by atoms with Crippen molar-refractivity contribution in [3.8, 4) is 0 Å². The van der Waals surface area contributed by atoms with Crippen LogP contribution in [0.1, 0.15) is 52.0 Å². The fraction of sp³-hybridized carbons (Fsp3) is 0.481. The first-order chi connectivity index (χ1) is 17.1. The Morgan fingerprint density at radius 2 is 1.69 bits per heavy atom. The maximum Gasteiger partial charge on any atom is 0.243 e. The van der Waals surface area contributed by atoms with Gasteiger partial charge >= 0.3 is 0 Å².